The van der Waals surface area contributed by atoms with Crippen LogP contribution in [0.25, 0.3) is 34.2 Å². The number of hydrogen-bond acceptors (Lipinski definition) is 3. The molecule has 0 saturated heterocycles. The SMILES string of the molecule is Cc1ccc(F)c(-c2nc(-c3ccccc3)nc(-c3ccccc3)n2)c1F. The predicted octanol–water partition coefficient (Wildman–Crippen LogP) is 5.46. The fourth-order valence-corrected chi connectivity index (χ4v) is 2.78. The highest BCUT2D eigenvalue weighted by Crippen LogP contribution is 2.29. The first kappa shape index (κ1) is 17.0. The van der Waals surface area contributed by atoms with E-state index >= 15 is 0 Å². The summed E-state index contributed by atoms with van der Waals surface area (Å²) in [5, 5.41) is 0. The van der Waals surface area contributed by atoms with E-state index < -0.39 is 11.6 Å². The van der Waals surface area contributed by atoms with Gasteiger partial charge >= 0.3 is 0 Å². The van der Waals surface area contributed by atoms with Gasteiger partial charge in [-0.1, -0.05) is 66.7 Å². The molecular formula is C22H15F2N3. The fraction of sp³-hybridized carbons (Fsp3) is 0.0455. The van der Waals surface area contributed by atoms with Crippen molar-refractivity contribution in [1.82, 2.24) is 15.0 Å². The summed E-state index contributed by atoms with van der Waals surface area (Å²) in [4.78, 5) is 13.2. The van der Waals surface area contributed by atoms with E-state index in [0.29, 0.717) is 17.2 Å². The topological polar surface area (TPSA) is 38.7 Å². The van der Waals surface area contributed by atoms with Gasteiger partial charge in [0.1, 0.15) is 11.6 Å². The van der Waals surface area contributed by atoms with Crippen molar-refractivity contribution in [3.05, 3.63) is 90.0 Å². The number of nitrogens with zero attached hydrogens (tertiary/aromatic N) is 3. The van der Waals surface area contributed by atoms with Crippen LogP contribution in [0.4, 0.5) is 8.78 Å². The molecular weight excluding hydrogens is 344 g/mol. The molecule has 27 heavy (non-hydrogen) atoms. The molecule has 3 aromatic carbocycles. The van der Waals surface area contributed by atoms with Crippen LogP contribution in [0.1, 0.15) is 5.56 Å². The Kier molecular flexibility index (Phi) is 4.42. The molecule has 0 aliphatic carbocycles. The molecule has 0 atom stereocenters. The molecule has 0 aliphatic rings. The summed E-state index contributed by atoms with van der Waals surface area (Å²) >= 11 is 0. The molecule has 5 heteroatoms. The van der Waals surface area contributed by atoms with Gasteiger partial charge in [-0.3, -0.25) is 0 Å². The minimum Gasteiger partial charge on any atom is -0.208 e. The van der Waals surface area contributed by atoms with E-state index in [-0.39, 0.29) is 11.4 Å². The van der Waals surface area contributed by atoms with E-state index in [1.165, 1.54) is 12.1 Å². The molecule has 0 N–H and O–H groups in total. The lowest BCUT2D eigenvalue weighted by atomic mass is 10.1. The van der Waals surface area contributed by atoms with E-state index in [9.17, 15) is 8.78 Å². The molecule has 0 unspecified atom stereocenters. The van der Waals surface area contributed by atoms with Gasteiger partial charge in [-0.05, 0) is 18.6 Å². The standard InChI is InChI=1S/C22H15F2N3/c1-14-12-13-17(23)18(19(14)24)22-26-20(15-8-4-2-5-9-15)25-21(27-22)16-10-6-3-7-11-16/h2-13H,1H3. The number of rotatable bonds is 3. The Morgan fingerprint density at radius 2 is 1.07 bits per heavy atom. The van der Waals surface area contributed by atoms with E-state index in [2.05, 4.69) is 15.0 Å². The lowest BCUT2D eigenvalue weighted by Crippen LogP contribution is -2.03. The summed E-state index contributed by atoms with van der Waals surface area (Å²) < 4.78 is 29.1. The number of aryl methyl sites for hydroxylation is 1. The molecule has 0 bridgehead atoms. The maximum atomic E-state index is 14.7. The van der Waals surface area contributed by atoms with Gasteiger partial charge in [-0.2, -0.15) is 0 Å². The first-order chi connectivity index (χ1) is 13.1. The van der Waals surface area contributed by atoms with Crippen LogP contribution in [-0.2, 0) is 0 Å². The van der Waals surface area contributed by atoms with Gasteiger partial charge in [0.25, 0.3) is 0 Å². The molecule has 4 rings (SSSR count). The second-order valence-corrected chi connectivity index (χ2v) is 6.09. The summed E-state index contributed by atoms with van der Waals surface area (Å²) in [6.45, 7) is 1.58. The summed E-state index contributed by atoms with van der Waals surface area (Å²) in [5.41, 5.74) is 1.57. The van der Waals surface area contributed by atoms with E-state index in [4.69, 9.17) is 0 Å². The van der Waals surface area contributed by atoms with Gasteiger partial charge in [0.15, 0.2) is 17.5 Å². The van der Waals surface area contributed by atoms with Crippen molar-refractivity contribution >= 4 is 0 Å². The predicted molar refractivity (Wildman–Crippen MR) is 101 cm³/mol. The zero-order valence-electron chi connectivity index (χ0n) is 14.5. The zero-order valence-corrected chi connectivity index (χ0v) is 14.5. The highest BCUT2D eigenvalue weighted by molar-refractivity contribution is 5.67. The largest absolute Gasteiger partial charge is 0.208 e. The van der Waals surface area contributed by atoms with Crippen LogP contribution in [0.15, 0.2) is 72.8 Å². The number of benzene rings is 3. The van der Waals surface area contributed by atoms with Gasteiger partial charge < -0.3 is 0 Å². The minimum atomic E-state index is -0.706. The molecule has 4 aromatic rings. The first-order valence-corrected chi connectivity index (χ1v) is 8.45. The smallest absolute Gasteiger partial charge is 0.170 e. The highest BCUT2D eigenvalue weighted by atomic mass is 19.1. The number of halogens is 2. The minimum absolute atomic E-state index is 0.0265. The highest BCUT2D eigenvalue weighted by Gasteiger charge is 2.19. The Morgan fingerprint density at radius 3 is 1.59 bits per heavy atom. The lowest BCUT2D eigenvalue weighted by molar-refractivity contribution is 0.581. The van der Waals surface area contributed by atoms with Crippen molar-refractivity contribution in [2.24, 2.45) is 0 Å². The summed E-state index contributed by atoms with van der Waals surface area (Å²) in [6.07, 6.45) is 0. The Labute approximate surface area is 155 Å². The molecule has 3 nitrogen and oxygen atoms in total. The zero-order chi connectivity index (χ0) is 18.8. The average Bonchev–Trinajstić information content (AvgIpc) is 2.72. The number of aromatic nitrogens is 3. The Hall–Kier alpha value is -3.47. The molecule has 0 spiro atoms. The molecule has 1 aromatic heterocycles. The Bertz CT molecular complexity index is 1040. The van der Waals surface area contributed by atoms with Crippen LogP contribution in [0, 0.1) is 18.6 Å². The normalized spacial score (nSPS) is 10.8. The van der Waals surface area contributed by atoms with Crippen LogP contribution >= 0.6 is 0 Å². The summed E-state index contributed by atoms with van der Waals surface area (Å²) in [7, 11) is 0. The van der Waals surface area contributed by atoms with Crippen molar-refractivity contribution < 1.29 is 8.78 Å². The first-order valence-electron chi connectivity index (χ1n) is 8.45. The van der Waals surface area contributed by atoms with Crippen molar-refractivity contribution in [1.29, 1.82) is 0 Å². The van der Waals surface area contributed by atoms with Crippen LogP contribution in [-0.4, -0.2) is 15.0 Å². The molecule has 1 heterocycles. The van der Waals surface area contributed by atoms with Gasteiger partial charge in [0.2, 0.25) is 0 Å². The third-order valence-corrected chi connectivity index (χ3v) is 4.21. The van der Waals surface area contributed by atoms with E-state index in [0.717, 1.165) is 11.1 Å². The van der Waals surface area contributed by atoms with E-state index in [1.54, 1.807) is 6.92 Å². The van der Waals surface area contributed by atoms with Gasteiger partial charge in [-0.15, -0.1) is 0 Å². The van der Waals surface area contributed by atoms with Crippen molar-refractivity contribution in [3.8, 4) is 34.2 Å². The van der Waals surface area contributed by atoms with Crippen LogP contribution < -0.4 is 0 Å². The second-order valence-electron chi connectivity index (χ2n) is 6.09. The van der Waals surface area contributed by atoms with E-state index in [1.807, 2.05) is 60.7 Å². The second kappa shape index (κ2) is 7.03. The quantitative estimate of drug-likeness (QED) is 0.488. The molecule has 0 saturated carbocycles. The van der Waals surface area contributed by atoms with Crippen LogP contribution in [0.3, 0.4) is 0 Å². The van der Waals surface area contributed by atoms with Crippen molar-refractivity contribution in [3.63, 3.8) is 0 Å². The fourth-order valence-electron chi connectivity index (χ4n) is 2.78. The maximum absolute atomic E-state index is 14.7. The lowest BCUT2D eigenvalue weighted by Gasteiger charge is -2.10. The van der Waals surface area contributed by atoms with Crippen LogP contribution in [0.5, 0.6) is 0 Å². The molecule has 132 valence electrons. The average molecular weight is 359 g/mol. The van der Waals surface area contributed by atoms with Gasteiger partial charge in [-0.25, -0.2) is 23.7 Å². The number of hydrogen-bond donors (Lipinski definition) is 0. The molecule has 0 fully saturated rings. The van der Waals surface area contributed by atoms with Crippen LogP contribution in [0.2, 0.25) is 0 Å². The Balaban J connectivity index is 1.99. The van der Waals surface area contributed by atoms with Gasteiger partial charge in [0, 0.05) is 11.1 Å². The third-order valence-electron chi connectivity index (χ3n) is 4.21. The third kappa shape index (κ3) is 3.31. The van der Waals surface area contributed by atoms with Crippen molar-refractivity contribution in [2.45, 2.75) is 6.92 Å². The molecule has 0 radical (unpaired) electrons. The maximum Gasteiger partial charge on any atom is 0.170 e. The molecule has 0 amide bonds. The van der Waals surface area contributed by atoms with Gasteiger partial charge in [0.05, 0.1) is 5.56 Å². The van der Waals surface area contributed by atoms with Crippen molar-refractivity contribution in [2.75, 3.05) is 0 Å². The Morgan fingerprint density at radius 1 is 0.593 bits per heavy atom. The summed E-state index contributed by atoms with van der Waals surface area (Å²) in [5.74, 6) is -0.678. The molecule has 0 aliphatic heterocycles. The monoisotopic (exact) mass is 359 g/mol. The summed E-state index contributed by atoms with van der Waals surface area (Å²) in [6, 6.07) is 21.2.